The average molecular weight is 244 g/mol. The van der Waals surface area contributed by atoms with Crippen molar-refractivity contribution < 1.29 is 13.9 Å². The Bertz CT molecular complexity index is 537. The van der Waals surface area contributed by atoms with Gasteiger partial charge in [-0.1, -0.05) is 30.3 Å². The Labute approximate surface area is 105 Å². The predicted octanol–water partition coefficient (Wildman–Crippen LogP) is 3.53. The van der Waals surface area contributed by atoms with Crippen LogP contribution in [0.1, 0.15) is 18.4 Å². The number of benzene rings is 2. The average Bonchev–Trinajstić information content (AvgIpc) is 2.39. The van der Waals surface area contributed by atoms with Crippen molar-refractivity contribution in [2.45, 2.75) is 12.8 Å². The maximum Gasteiger partial charge on any atom is 0.318 e. The Balaban J connectivity index is 2.10. The first-order valence-corrected chi connectivity index (χ1v) is 5.69. The molecule has 0 saturated heterocycles. The van der Waals surface area contributed by atoms with E-state index in [4.69, 9.17) is 4.74 Å². The molecule has 1 unspecified atom stereocenters. The zero-order valence-electron chi connectivity index (χ0n) is 9.97. The quantitative estimate of drug-likeness (QED) is 0.609. The van der Waals surface area contributed by atoms with E-state index in [9.17, 15) is 9.18 Å². The number of rotatable bonds is 3. The normalized spacial score (nSPS) is 11.9. The van der Waals surface area contributed by atoms with Gasteiger partial charge in [0.05, 0.1) is 5.92 Å². The lowest BCUT2D eigenvalue weighted by molar-refractivity contribution is -0.135. The minimum atomic E-state index is -0.499. The molecule has 0 fully saturated rings. The number of hydrogen-bond donors (Lipinski definition) is 0. The van der Waals surface area contributed by atoms with Crippen molar-refractivity contribution in [2.24, 2.45) is 0 Å². The molecule has 2 nitrogen and oxygen atoms in total. The fourth-order valence-electron chi connectivity index (χ4n) is 1.61. The molecule has 0 N–H and O–H groups in total. The number of carbonyl (C=O) groups excluding carboxylic acids is 1. The predicted molar refractivity (Wildman–Crippen MR) is 66.9 cm³/mol. The van der Waals surface area contributed by atoms with Crippen LogP contribution < -0.4 is 4.74 Å². The molecule has 0 saturated carbocycles. The minimum Gasteiger partial charge on any atom is -0.426 e. The smallest absolute Gasteiger partial charge is 0.318 e. The number of hydrogen-bond acceptors (Lipinski definition) is 2. The number of halogens is 1. The molecule has 0 aliphatic heterocycles. The summed E-state index contributed by atoms with van der Waals surface area (Å²) in [6.45, 7) is 1.69. The topological polar surface area (TPSA) is 26.3 Å². The molecule has 2 aromatic carbocycles. The highest BCUT2D eigenvalue weighted by atomic mass is 19.1. The van der Waals surface area contributed by atoms with Crippen LogP contribution in [0, 0.1) is 5.82 Å². The second-order valence-corrected chi connectivity index (χ2v) is 4.01. The lowest BCUT2D eigenvalue weighted by Gasteiger charge is -2.11. The number of carbonyl (C=O) groups is 1. The summed E-state index contributed by atoms with van der Waals surface area (Å²) in [5.74, 6) is -0.759. The molecule has 92 valence electrons. The van der Waals surface area contributed by atoms with Gasteiger partial charge in [0.2, 0.25) is 0 Å². The Morgan fingerprint density at radius 3 is 2.50 bits per heavy atom. The molecule has 0 aliphatic rings. The zero-order valence-corrected chi connectivity index (χ0v) is 9.97. The maximum absolute atomic E-state index is 13.1. The van der Waals surface area contributed by atoms with Gasteiger partial charge < -0.3 is 4.74 Å². The van der Waals surface area contributed by atoms with Crippen molar-refractivity contribution in [3.63, 3.8) is 0 Å². The molecule has 0 amide bonds. The van der Waals surface area contributed by atoms with E-state index in [0.29, 0.717) is 11.3 Å². The van der Waals surface area contributed by atoms with Crippen LogP contribution in [-0.2, 0) is 4.79 Å². The molecular weight excluding hydrogens is 231 g/mol. The van der Waals surface area contributed by atoms with Crippen LogP contribution in [0.15, 0.2) is 54.6 Å². The fraction of sp³-hybridized carbons (Fsp3) is 0.133. The second kappa shape index (κ2) is 5.45. The van der Waals surface area contributed by atoms with Gasteiger partial charge in [0.1, 0.15) is 11.6 Å². The molecule has 18 heavy (non-hydrogen) atoms. The van der Waals surface area contributed by atoms with Gasteiger partial charge in [-0.2, -0.15) is 0 Å². The van der Waals surface area contributed by atoms with E-state index in [-0.39, 0.29) is 5.82 Å². The third-order valence-electron chi connectivity index (χ3n) is 2.66. The molecule has 2 rings (SSSR count). The van der Waals surface area contributed by atoms with Gasteiger partial charge in [-0.05, 0) is 36.8 Å². The number of esters is 1. The maximum atomic E-state index is 13.1. The number of ether oxygens (including phenoxy) is 1. The van der Waals surface area contributed by atoms with Crippen LogP contribution in [-0.4, -0.2) is 5.97 Å². The highest BCUT2D eigenvalue weighted by Crippen LogP contribution is 2.19. The Hall–Kier alpha value is -2.16. The van der Waals surface area contributed by atoms with E-state index < -0.39 is 11.9 Å². The molecular formula is C15H13FO2. The van der Waals surface area contributed by atoms with E-state index in [1.807, 2.05) is 6.07 Å². The third kappa shape index (κ3) is 2.94. The van der Waals surface area contributed by atoms with Gasteiger partial charge in [0, 0.05) is 0 Å². The van der Waals surface area contributed by atoms with Crippen molar-refractivity contribution in [3.8, 4) is 5.75 Å². The van der Waals surface area contributed by atoms with Crippen molar-refractivity contribution in [2.75, 3.05) is 0 Å². The molecule has 0 bridgehead atoms. The molecule has 0 radical (unpaired) electrons. The monoisotopic (exact) mass is 244 g/mol. The summed E-state index contributed by atoms with van der Waals surface area (Å²) < 4.78 is 18.3. The SMILES string of the molecule is CC(C(=O)Oc1ccccc1)c1cccc(F)c1. The molecule has 3 heteroatoms. The molecule has 0 spiro atoms. The first kappa shape index (κ1) is 12.3. The van der Waals surface area contributed by atoms with E-state index in [0.717, 1.165) is 0 Å². The Morgan fingerprint density at radius 1 is 1.11 bits per heavy atom. The fourth-order valence-corrected chi connectivity index (χ4v) is 1.61. The standard InChI is InChI=1S/C15H13FO2/c1-11(12-6-5-7-13(16)10-12)15(17)18-14-8-3-2-4-9-14/h2-11H,1H3. The van der Waals surface area contributed by atoms with E-state index in [1.54, 1.807) is 43.3 Å². The van der Waals surface area contributed by atoms with Gasteiger partial charge in [0.25, 0.3) is 0 Å². The summed E-state index contributed by atoms with van der Waals surface area (Å²) in [5.41, 5.74) is 0.607. The van der Waals surface area contributed by atoms with Crippen LogP contribution in [0.4, 0.5) is 4.39 Å². The van der Waals surface area contributed by atoms with Gasteiger partial charge in [-0.3, -0.25) is 4.79 Å². The highest BCUT2D eigenvalue weighted by Gasteiger charge is 2.17. The molecule has 2 aromatic rings. The van der Waals surface area contributed by atoms with E-state index >= 15 is 0 Å². The zero-order chi connectivity index (χ0) is 13.0. The van der Waals surface area contributed by atoms with Crippen molar-refractivity contribution in [3.05, 3.63) is 66.0 Å². The summed E-state index contributed by atoms with van der Waals surface area (Å²) in [5, 5.41) is 0. The summed E-state index contributed by atoms with van der Waals surface area (Å²) in [4.78, 5) is 11.9. The van der Waals surface area contributed by atoms with Crippen LogP contribution in [0.5, 0.6) is 5.75 Å². The van der Waals surface area contributed by atoms with Crippen LogP contribution >= 0.6 is 0 Å². The second-order valence-electron chi connectivity index (χ2n) is 4.01. The lowest BCUT2D eigenvalue weighted by Crippen LogP contribution is -2.16. The molecule has 0 heterocycles. The summed E-state index contributed by atoms with van der Waals surface area (Å²) >= 11 is 0. The largest absolute Gasteiger partial charge is 0.426 e. The lowest BCUT2D eigenvalue weighted by atomic mass is 10.0. The first-order chi connectivity index (χ1) is 8.66. The van der Waals surface area contributed by atoms with Crippen LogP contribution in [0.3, 0.4) is 0 Å². The third-order valence-corrected chi connectivity index (χ3v) is 2.66. The van der Waals surface area contributed by atoms with Crippen molar-refractivity contribution in [1.29, 1.82) is 0 Å². The van der Waals surface area contributed by atoms with E-state index in [2.05, 4.69) is 0 Å². The van der Waals surface area contributed by atoms with Gasteiger partial charge in [0.15, 0.2) is 0 Å². The van der Waals surface area contributed by atoms with Crippen molar-refractivity contribution in [1.82, 2.24) is 0 Å². The van der Waals surface area contributed by atoms with Gasteiger partial charge >= 0.3 is 5.97 Å². The van der Waals surface area contributed by atoms with Crippen LogP contribution in [0.25, 0.3) is 0 Å². The molecule has 0 aliphatic carbocycles. The van der Waals surface area contributed by atoms with Crippen LogP contribution in [0.2, 0.25) is 0 Å². The summed E-state index contributed by atoms with van der Waals surface area (Å²) in [6.07, 6.45) is 0. The summed E-state index contributed by atoms with van der Waals surface area (Å²) in [7, 11) is 0. The minimum absolute atomic E-state index is 0.355. The van der Waals surface area contributed by atoms with Crippen molar-refractivity contribution >= 4 is 5.97 Å². The Morgan fingerprint density at radius 2 is 1.83 bits per heavy atom. The van der Waals surface area contributed by atoms with Gasteiger partial charge in [-0.15, -0.1) is 0 Å². The Kier molecular flexibility index (Phi) is 3.72. The molecule has 0 aromatic heterocycles. The summed E-state index contributed by atoms with van der Waals surface area (Å²) in [6, 6.07) is 14.8. The first-order valence-electron chi connectivity index (χ1n) is 5.69. The van der Waals surface area contributed by atoms with E-state index in [1.165, 1.54) is 12.1 Å². The molecule has 1 atom stereocenters. The van der Waals surface area contributed by atoms with Gasteiger partial charge in [-0.25, -0.2) is 4.39 Å². The highest BCUT2D eigenvalue weighted by molar-refractivity contribution is 5.79. The number of para-hydroxylation sites is 1.